The number of rotatable bonds is 4. The highest BCUT2D eigenvalue weighted by Gasteiger charge is 2.11. The fourth-order valence-electron chi connectivity index (χ4n) is 1.58. The average molecular weight is 281 g/mol. The van der Waals surface area contributed by atoms with Gasteiger partial charge in [-0.3, -0.25) is 0 Å². The first-order valence-corrected chi connectivity index (χ1v) is 5.85. The largest absolute Gasteiger partial charge is 0.488 e. The van der Waals surface area contributed by atoms with Gasteiger partial charge in [0.1, 0.15) is 23.7 Å². The van der Waals surface area contributed by atoms with Crippen molar-refractivity contribution < 1.29 is 19.0 Å². The molecule has 0 bridgehead atoms. The lowest BCUT2D eigenvalue weighted by atomic mass is 10.2. The highest BCUT2D eigenvalue weighted by Crippen LogP contribution is 2.22. The Morgan fingerprint density at radius 1 is 1.26 bits per heavy atom. The summed E-state index contributed by atoms with van der Waals surface area (Å²) in [7, 11) is 0. The number of carbonyl (C=O) groups is 1. The third kappa shape index (κ3) is 3.23. The van der Waals surface area contributed by atoms with E-state index in [1.165, 1.54) is 30.3 Å². The fraction of sp³-hybridized carbons (Fsp3) is 0.0714. The Labute approximate surface area is 114 Å². The number of hydrogen-bond acceptors (Lipinski definition) is 2. The highest BCUT2D eigenvalue weighted by molar-refractivity contribution is 6.31. The molecule has 3 nitrogen and oxygen atoms in total. The van der Waals surface area contributed by atoms with Gasteiger partial charge in [0.15, 0.2) is 0 Å². The zero-order valence-electron chi connectivity index (χ0n) is 9.77. The summed E-state index contributed by atoms with van der Waals surface area (Å²) < 4.78 is 18.5. The number of halogens is 2. The summed E-state index contributed by atoms with van der Waals surface area (Å²) in [6, 6.07) is 10.2. The monoisotopic (exact) mass is 280 g/mol. The molecule has 0 amide bonds. The van der Waals surface area contributed by atoms with E-state index in [9.17, 15) is 9.18 Å². The van der Waals surface area contributed by atoms with Crippen LogP contribution in [0.5, 0.6) is 5.75 Å². The van der Waals surface area contributed by atoms with E-state index < -0.39 is 11.8 Å². The quantitative estimate of drug-likeness (QED) is 0.927. The van der Waals surface area contributed by atoms with Crippen molar-refractivity contribution in [2.45, 2.75) is 6.61 Å². The Bertz CT molecular complexity index is 613. The van der Waals surface area contributed by atoms with Crippen LogP contribution in [0.15, 0.2) is 42.5 Å². The van der Waals surface area contributed by atoms with Crippen LogP contribution in [0, 0.1) is 5.82 Å². The van der Waals surface area contributed by atoms with Crippen LogP contribution in [-0.4, -0.2) is 11.1 Å². The van der Waals surface area contributed by atoms with Crippen LogP contribution < -0.4 is 4.74 Å². The molecule has 0 aromatic heterocycles. The van der Waals surface area contributed by atoms with Crippen molar-refractivity contribution in [1.82, 2.24) is 0 Å². The van der Waals surface area contributed by atoms with Crippen molar-refractivity contribution in [3.05, 3.63) is 64.4 Å². The molecule has 0 aliphatic carbocycles. The van der Waals surface area contributed by atoms with Crippen LogP contribution in [-0.2, 0) is 6.61 Å². The highest BCUT2D eigenvalue weighted by atomic mass is 35.5. The van der Waals surface area contributed by atoms with E-state index in [2.05, 4.69) is 0 Å². The summed E-state index contributed by atoms with van der Waals surface area (Å²) in [5, 5.41) is 9.37. The van der Waals surface area contributed by atoms with E-state index >= 15 is 0 Å². The van der Waals surface area contributed by atoms with Gasteiger partial charge in [-0.25, -0.2) is 9.18 Å². The molecule has 0 saturated heterocycles. The lowest BCUT2D eigenvalue weighted by molar-refractivity contribution is 0.0691. The third-order valence-corrected chi connectivity index (χ3v) is 2.88. The lowest BCUT2D eigenvalue weighted by Crippen LogP contribution is -2.03. The Morgan fingerprint density at radius 2 is 2.00 bits per heavy atom. The zero-order chi connectivity index (χ0) is 13.8. The van der Waals surface area contributed by atoms with E-state index in [1.54, 1.807) is 12.1 Å². The maximum absolute atomic E-state index is 13.1. The minimum absolute atomic E-state index is 0.000880. The molecule has 0 aliphatic heterocycles. The molecule has 0 aliphatic rings. The van der Waals surface area contributed by atoms with Gasteiger partial charge in [-0.15, -0.1) is 0 Å². The number of benzene rings is 2. The van der Waals surface area contributed by atoms with E-state index in [0.717, 1.165) is 0 Å². The second-order valence-corrected chi connectivity index (χ2v) is 4.23. The molecular formula is C14H10ClFO3. The molecular weight excluding hydrogens is 271 g/mol. The van der Waals surface area contributed by atoms with Crippen LogP contribution in [0.25, 0.3) is 0 Å². The number of carboxylic acid groups (broad SMARTS) is 1. The zero-order valence-corrected chi connectivity index (χ0v) is 10.5. The van der Waals surface area contributed by atoms with Crippen LogP contribution in [0.3, 0.4) is 0 Å². The average Bonchev–Trinajstić information content (AvgIpc) is 2.40. The van der Waals surface area contributed by atoms with Crippen LogP contribution in [0.4, 0.5) is 4.39 Å². The second-order valence-electron chi connectivity index (χ2n) is 3.83. The number of ether oxygens (including phenoxy) is 1. The molecule has 0 fully saturated rings. The third-order valence-electron chi connectivity index (χ3n) is 2.51. The second kappa shape index (κ2) is 5.71. The first kappa shape index (κ1) is 13.4. The van der Waals surface area contributed by atoms with Crippen LogP contribution in [0.1, 0.15) is 15.9 Å². The molecule has 0 atom stereocenters. The van der Waals surface area contributed by atoms with E-state index in [1.807, 2.05) is 0 Å². The molecule has 5 heteroatoms. The predicted octanol–water partition coefficient (Wildman–Crippen LogP) is 3.76. The predicted molar refractivity (Wildman–Crippen MR) is 69.1 cm³/mol. The maximum Gasteiger partial charge on any atom is 0.339 e. The fourth-order valence-corrected chi connectivity index (χ4v) is 1.75. The summed E-state index contributed by atoms with van der Waals surface area (Å²) in [5.74, 6) is -1.29. The first-order chi connectivity index (χ1) is 9.08. The van der Waals surface area contributed by atoms with Crippen molar-refractivity contribution in [3.63, 3.8) is 0 Å². The smallest absolute Gasteiger partial charge is 0.339 e. The van der Waals surface area contributed by atoms with Crippen molar-refractivity contribution in [1.29, 1.82) is 0 Å². The van der Waals surface area contributed by atoms with Gasteiger partial charge in [0.2, 0.25) is 0 Å². The Kier molecular flexibility index (Phi) is 4.02. The van der Waals surface area contributed by atoms with Gasteiger partial charge in [-0.1, -0.05) is 23.7 Å². The van der Waals surface area contributed by atoms with Crippen LogP contribution in [0.2, 0.25) is 5.02 Å². The molecule has 19 heavy (non-hydrogen) atoms. The van der Waals surface area contributed by atoms with Crippen molar-refractivity contribution in [2.24, 2.45) is 0 Å². The first-order valence-electron chi connectivity index (χ1n) is 5.47. The van der Waals surface area contributed by atoms with Crippen molar-refractivity contribution >= 4 is 17.6 Å². The SMILES string of the molecule is O=C(O)c1ccccc1OCc1cc(F)ccc1Cl. The molecule has 0 heterocycles. The number of aromatic carboxylic acids is 1. The van der Waals surface area contributed by atoms with Gasteiger partial charge in [0.25, 0.3) is 0 Å². The van der Waals surface area contributed by atoms with Gasteiger partial charge in [-0.2, -0.15) is 0 Å². The number of para-hydroxylation sites is 1. The molecule has 98 valence electrons. The number of carboxylic acids is 1. The van der Waals surface area contributed by atoms with Gasteiger partial charge in [-0.05, 0) is 30.3 Å². The summed E-state index contributed by atoms with van der Waals surface area (Å²) in [6.07, 6.45) is 0. The van der Waals surface area contributed by atoms with Gasteiger partial charge in [0, 0.05) is 10.6 Å². The van der Waals surface area contributed by atoms with Crippen LogP contribution >= 0.6 is 11.6 Å². The number of hydrogen-bond donors (Lipinski definition) is 1. The topological polar surface area (TPSA) is 46.5 Å². The summed E-state index contributed by atoms with van der Waals surface area (Å²) >= 11 is 5.90. The molecule has 2 aromatic rings. The van der Waals surface area contributed by atoms with Gasteiger partial charge < -0.3 is 9.84 Å². The Hall–Kier alpha value is -2.07. The van der Waals surface area contributed by atoms with E-state index in [-0.39, 0.29) is 17.9 Å². The van der Waals surface area contributed by atoms with Crippen molar-refractivity contribution in [2.75, 3.05) is 0 Å². The molecule has 0 unspecified atom stereocenters. The van der Waals surface area contributed by atoms with Crippen molar-refractivity contribution in [3.8, 4) is 5.75 Å². The van der Waals surface area contributed by atoms with E-state index in [0.29, 0.717) is 10.6 Å². The molecule has 0 radical (unpaired) electrons. The molecule has 0 spiro atoms. The minimum atomic E-state index is -1.08. The summed E-state index contributed by atoms with van der Waals surface area (Å²) in [4.78, 5) is 11.0. The molecule has 0 saturated carbocycles. The Morgan fingerprint density at radius 3 is 2.74 bits per heavy atom. The summed E-state index contributed by atoms with van der Waals surface area (Å²) in [5.41, 5.74) is 0.511. The molecule has 2 rings (SSSR count). The summed E-state index contributed by atoms with van der Waals surface area (Å²) in [6.45, 7) is 0.000880. The standard InChI is InChI=1S/C14H10ClFO3/c15-12-6-5-10(16)7-9(12)8-19-13-4-2-1-3-11(13)14(17)18/h1-7H,8H2,(H,17,18). The molecule has 2 aromatic carbocycles. The van der Waals surface area contributed by atoms with Gasteiger partial charge >= 0.3 is 5.97 Å². The normalized spacial score (nSPS) is 10.2. The lowest BCUT2D eigenvalue weighted by Gasteiger charge is -2.10. The minimum Gasteiger partial charge on any atom is -0.488 e. The molecule has 1 N–H and O–H groups in total. The van der Waals surface area contributed by atoms with Gasteiger partial charge in [0.05, 0.1) is 0 Å². The maximum atomic E-state index is 13.1. The Balaban J connectivity index is 2.19. The van der Waals surface area contributed by atoms with E-state index in [4.69, 9.17) is 21.4 Å².